The Kier molecular flexibility index (Phi) is 7.18. The van der Waals surface area contributed by atoms with Gasteiger partial charge in [-0.05, 0) is 66.3 Å². The molecule has 0 spiro atoms. The number of halogens is 3. The molecule has 0 aliphatic heterocycles. The van der Waals surface area contributed by atoms with Gasteiger partial charge < -0.3 is 14.6 Å². The second-order valence-corrected chi connectivity index (χ2v) is 9.69. The third-order valence-corrected chi connectivity index (χ3v) is 6.93. The highest BCUT2D eigenvalue weighted by atomic mass is 32.2. The van der Waals surface area contributed by atoms with Gasteiger partial charge in [-0.2, -0.15) is 0 Å². The minimum atomic E-state index is -4.79. The van der Waals surface area contributed by atoms with Crippen molar-refractivity contribution in [3.8, 4) is 22.6 Å². The number of hydrogen-bond acceptors (Lipinski definition) is 6. The van der Waals surface area contributed by atoms with Crippen molar-refractivity contribution < 1.29 is 41.0 Å². The number of carbonyl (C=O) groups is 1. The lowest BCUT2D eigenvalue weighted by molar-refractivity contribution is -0.274. The number of nitrogens with one attached hydrogen (secondary N) is 1. The molecule has 0 fully saturated rings. The number of carboxylic acid groups (broad SMARTS) is 1. The number of ether oxygens (including phenoxy) is 2. The van der Waals surface area contributed by atoms with Gasteiger partial charge in [0.05, 0.1) is 0 Å². The van der Waals surface area contributed by atoms with Crippen molar-refractivity contribution in [2.24, 2.45) is 0 Å². The highest BCUT2D eigenvalue weighted by Gasteiger charge is 2.31. The van der Waals surface area contributed by atoms with E-state index < -0.39 is 35.0 Å². The van der Waals surface area contributed by atoms with E-state index in [0.29, 0.717) is 41.7 Å². The number of fused-ring (bicyclic) bond motifs is 1. The molecule has 0 radical (unpaired) electrons. The number of sulfonamides is 1. The average molecular weight is 523 g/mol. The summed E-state index contributed by atoms with van der Waals surface area (Å²) in [5, 5.41) is 8.67. The van der Waals surface area contributed by atoms with Crippen LogP contribution in [0.1, 0.15) is 30.0 Å². The van der Waals surface area contributed by atoms with Gasteiger partial charge in [-0.1, -0.05) is 24.3 Å². The van der Waals surface area contributed by atoms with Gasteiger partial charge in [0.15, 0.2) is 11.6 Å². The van der Waals surface area contributed by atoms with Gasteiger partial charge in [-0.3, -0.25) is 0 Å². The zero-order valence-corrected chi connectivity index (χ0v) is 19.5. The van der Waals surface area contributed by atoms with Crippen LogP contribution in [-0.4, -0.2) is 37.4 Å². The molecule has 190 valence electrons. The zero-order chi connectivity index (χ0) is 25.9. The van der Waals surface area contributed by atoms with Crippen LogP contribution in [0.15, 0.2) is 65.8 Å². The molecule has 0 amide bonds. The van der Waals surface area contributed by atoms with Crippen LogP contribution in [0, 0.1) is 0 Å². The first-order chi connectivity index (χ1) is 17.0. The molecule has 4 rings (SSSR count). The minimum Gasteiger partial charge on any atom is -0.482 e. The lowest BCUT2D eigenvalue weighted by atomic mass is 9.87. The molecule has 1 aromatic heterocycles. The first kappa shape index (κ1) is 25.5. The van der Waals surface area contributed by atoms with E-state index in [1.807, 2.05) is 0 Å². The van der Waals surface area contributed by atoms with Crippen LogP contribution >= 0.6 is 0 Å². The topological polar surface area (TPSA) is 115 Å². The number of aliphatic carboxylic acids is 1. The van der Waals surface area contributed by atoms with E-state index in [1.165, 1.54) is 30.5 Å². The summed E-state index contributed by atoms with van der Waals surface area (Å²) in [7, 11) is -4.01. The molecular weight excluding hydrogens is 501 g/mol. The van der Waals surface area contributed by atoms with E-state index in [-0.39, 0.29) is 10.8 Å². The van der Waals surface area contributed by atoms with E-state index in [0.717, 1.165) is 17.7 Å². The first-order valence-corrected chi connectivity index (χ1v) is 12.3. The maximum absolute atomic E-state index is 13.0. The molecule has 1 unspecified atom stereocenters. The Morgan fingerprint density at radius 3 is 2.44 bits per heavy atom. The van der Waals surface area contributed by atoms with Gasteiger partial charge >= 0.3 is 12.3 Å². The molecule has 0 bridgehead atoms. The fourth-order valence-corrected chi connectivity index (χ4v) is 5.20. The molecule has 2 N–H and O–H groups in total. The summed E-state index contributed by atoms with van der Waals surface area (Å²) in [6.07, 6.45) is -1.63. The Hall–Kier alpha value is -3.64. The van der Waals surface area contributed by atoms with E-state index in [1.54, 1.807) is 18.2 Å². The van der Waals surface area contributed by atoms with E-state index in [9.17, 15) is 26.4 Å². The highest BCUT2D eigenvalue weighted by molar-refractivity contribution is 7.89. The van der Waals surface area contributed by atoms with E-state index in [4.69, 9.17) is 9.84 Å². The maximum atomic E-state index is 13.0. The average Bonchev–Trinajstić information content (AvgIpc) is 2.82. The van der Waals surface area contributed by atoms with Crippen molar-refractivity contribution in [1.29, 1.82) is 0 Å². The highest BCUT2D eigenvalue weighted by Crippen LogP contribution is 2.36. The number of aromatic nitrogens is 1. The summed E-state index contributed by atoms with van der Waals surface area (Å²) in [5.74, 6) is -1.07. The molecule has 2 aromatic carbocycles. The van der Waals surface area contributed by atoms with Crippen LogP contribution in [0.3, 0.4) is 0 Å². The number of pyridine rings is 1. The Balaban J connectivity index is 1.50. The molecule has 0 saturated heterocycles. The van der Waals surface area contributed by atoms with Crippen molar-refractivity contribution in [2.75, 3.05) is 6.61 Å². The summed E-state index contributed by atoms with van der Waals surface area (Å²) in [6, 6.07) is 12.5. The fourth-order valence-electron chi connectivity index (χ4n) is 4.02. The number of carboxylic acids is 1. The second-order valence-electron chi connectivity index (χ2n) is 8.03. The Morgan fingerprint density at radius 1 is 1.08 bits per heavy atom. The van der Waals surface area contributed by atoms with Gasteiger partial charge in [0, 0.05) is 17.8 Å². The Labute approximate surface area is 204 Å². The molecule has 8 nitrogen and oxygen atoms in total. The lowest BCUT2D eigenvalue weighted by Crippen LogP contribution is -2.31. The van der Waals surface area contributed by atoms with E-state index >= 15 is 0 Å². The van der Waals surface area contributed by atoms with Crippen LogP contribution in [0.25, 0.3) is 11.1 Å². The zero-order valence-electron chi connectivity index (χ0n) is 18.7. The van der Waals surface area contributed by atoms with E-state index in [2.05, 4.69) is 14.4 Å². The third-order valence-electron chi connectivity index (χ3n) is 5.55. The smallest absolute Gasteiger partial charge is 0.482 e. The van der Waals surface area contributed by atoms with Crippen LogP contribution in [0.2, 0.25) is 0 Å². The number of hydrogen-bond donors (Lipinski definition) is 2. The third kappa shape index (κ3) is 6.13. The molecule has 1 aliphatic carbocycles. The molecule has 1 heterocycles. The molecule has 1 atom stereocenters. The normalized spacial score (nSPS) is 15.7. The van der Waals surface area contributed by atoms with Gasteiger partial charge in [-0.15, -0.1) is 13.2 Å². The maximum Gasteiger partial charge on any atom is 0.573 e. The summed E-state index contributed by atoms with van der Waals surface area (Å²) in [6.45, 7) is -0.499. The number of rotatable bonds is 8. The number of nitrogens with zero attached hydrogens (tertiary/aromatic N) is 1. The van der Waals surface area contributed by atoms with Crippen LogP contribution in [-0.2, 0) is 21.2 Å². The van der Waals surface area contributed by atoms with Gasteiger partial charge in [-0.25, -0.2) is 22.9 Å². The molecule has 3 aromatic rings. The van der Waals surface area contributed by atoms with Gasteiger partial charge in [0.2, 0.25) is 0 Å². The van der Waals surface area contributed by atoms with Crippen LogP contribution in [0.5, 0.6) is 11.5 Å². The van der Waals surface area contributed by atoms with Crippen molar-refractivity contribution in [2.45, 2.75) is 36.7 Å². The fraction of sp³-hybridized carbons (Fsp3) is 0.250. The van der Waals surface area contributed by atoms with Gasteiger partial charge in [0.1, 0.15) is 11.5 Å². The molecule has 1 aliphatic rings. The first-order valence-electron chi connectivity index (χ1n) is 10.8. The van der Waals surface area contributed by atoms with Gasteiger partial charge in [0.25, 0.3) is 10.0 Å². The number of benzene rings is 2. The van der Waals surface area contributed by atoms with Crippen molar-refractivity contribution in [1.82, 2.24) is 9.71 Å². The van der Waals surface area contributed by atoms with Crippen molar-refractivity contribution in [3.05, 3.63) is 71.9 Å². The quantitative estimate of drug-likeness (QED) is 0.449. The predicted octanol–water partition coefficient (Wildman–Crippen LogP) is 4.47. The SMILES string of the molecule is O=C(O)COc1cccc2c1CCCC2NS(=O)(=O)c1ccc(-c2ccc(OC(F)(F)F)cc2)cn1. The Morgan fingerprint density at radius 2 is 1.81 bits per heavy atom. The minimum absolute atomic E-state index is 0.214. The van der Waals surface area contributed by atoms with Crippen molar-refractivity contribution in [3.63, 3.8) is 0 Å². The standard InChI is InChI=1S/C24H21F3N2O6S/c25-24(26,27)35-17-10-7-15(8-11-17)16-9-12-22(28-13-16)36(32,33)29-20-5-1-4-19-18(20)3-2-6-21(19)34-14-23(30)31/h2-3,6-13,20,29H,1,4-5,14H2,(H,30,31). The molecule has 0 saturated carbocycles. The lowest BCUT2D eigenvalue weighted by Gasteiger charge is -2.27. The summed E-state index contributed by atoms with van der Waals surface area (Å²) in [5.41, 5.74) is 2.52. The summed E-state index contributed by atoms with van der Waals surface area (Å²) in [4.78, 5) is 14.9. The van der Waals surface area contributed by atoms with Crippen molar-refractivity contribution >= 4 is 16.0 Å². The number of alkyl halides is 3. The molecule has 12 heteroatoms. The van der Waals surface area contributed by atoms with Crippen LogP contribution in [0.4, 0.5) is 13.2 Å². The Bertz CT molecular complexity index is 1340. The van der Waals surface area contributed by atoms with Crippen LogP contribution < -0.4 is 14.2 Å². The summed E-state index contributed by atoms with van der Waals surface area (Å²) < 4.78 is 74.9. The second kappa shape index (κ2) is 10.2. The monoisotopic (exact) mass is 522 g/mol. The predicted molar refractivity (Wildman–Crippen MR) is 122 cm³/mol. The largest absolute Gasteiger partial charge is 0.573 e. The molecular formula is C24H21F3N2O6S. The molecule has 36 heavy (non-hydrogen) atoms. The summed E-state index contributed by atoms with van der Waals surface area (Å²) >= 11 is 0.